The normalized spacial score (nSPS) is 12.1. The Morgan fingerprint density at radius 1 is 1.25 bits per heavy atom. The molecular weight excluding hydrogens is 312 g/mol. The maximum Gasteiger partial charge on any atom is 0.296 e. The molecule has 2 aromatic rings. The highest BCUT2D eigenvalue weighted by Crippen LogP contribution is 2.28. The van der Waals surface area contributed by atoms with E-state index in [-0.39, 0.29) is 11.4 Å². The molecule has 1 heterocycles. The van der Waals surface area contributed by atoms with Crippen LogP contribution in [-0.2, 0) is 9.05 Å². The van der Waals surface area contributed by atoms with Crippen LogP contribution in [0.1, 0.15) is 19.9 Å². The van der Waals surface area contributed by atoms with Gasteiger partial charge in [0.2, 0.25) is 0 Å². The van der Waals surface area contributed by atoms with Crippen LogP contribution in [0.15, 0.2) is 23.4 Å². The highest BCUT2D eigenvalue weighted by molar-refractivity contribution is 8.13. The molecule has 0 spiro atoms. The lowest BCUT2D eigenvalue weighted by Crippen LogP contribution is -2.10. The molecule has 5 nitrogen and oxygen atoms in total. The molecule has 1 aromatic carbocycles. The fourth-order valence-corrected chi connectivity index (χ4v) is 2.76. The van der Waals surface area contributed by atoms with Crippen LogP contribution in [0.2, 0.25) is 0 Å². The Balaban J connectivity index is 2.76. The van der Waals surface area contributed by atoms with E-state index in [1.807, 2.05) is 0 Å². The van der Waals surface area contributed by atoms with Crippen molar-refractivity contribution < 1.29 is 17.2 Å². The van der Waals surface area contributed by atoms with Crippen molar-refractivity contribution in [3.8, 4) is 11.4 Å². The van der Waals surface area contributed by atoms with Gasteiger partial charge in [0.1, 0.15) is 0 Å². The van der Waals surface area contributed by atoms with Crippen LogP contribution in [0, 0.1) is 11.6 Å². The predicted octanol–water partition coefficient (Wildman–Crippen LogP) is 2.73. The van der Waals surface area contributed by atoms with Crippen LogP contribution >= 0.6 is 10.7 Å². The third kappa shape index (κ3) is 2.53. The Morgan fingerprint density at radius 3 is 2.45 bits per heavy atom. The maximum absolute atomic E-state index is 13.8. The summed E-state index contributed by atoms with van der Waals surface area (Å²) in [7, 11) is 1.12. The van der Waals surface area contributed by atoms with E-state index in [0.717, 1.165) is 10.6 Å². The fourth-order valence-electron chi connectivity index (χ4n) is 1.77. The highest BCUT2D eigenvalue weighted by atomic mass is 35.7. The van der Waals surface area contributed by atoms with Crippen molar-refractivity contribution >= 4 is 19.7 Å². The molecule has 9 heteroatoms. The molecule has 108 valence electrons. The van der Waals surface area contributed by atoms with Crippen LogP contribution in [0.25, 0.3) is 11.4 Å². The van der Waals surface area contributed by atoms with E-state index in [0.29, 0.717) is 0 Å². The number of rotatable bonds is 3. The summed E-state index contributed by atoms with van der Waals surface area (Å²) in [5.74, 6) is -2.28. The molecule has 20 heavy (non-hydrogen) atoms. The Hall–Kier alpha value is -1.54. The molecule has 0 saturated carbocycles. The van der Waals surface area contributed by atoms with Crippen LogP contribution in [0.5, 0.6) is 0 Å². The molecule has 0 amide bonds. The maximum atomic E-state index is 13.8. The van der Waals surface area contributed by atoms with Gasteiger partial charge in [-0.3, -0.25) is 4.57 Å². The van der Waals surface area contributed by atoms with E-state index in [9.17, 15) is 17.2 Å². The lowest BCUT2D eigenvalue weighted by Gasteiger charge is -2.13. The molecule has 0 atom stereocenters. The number of benzene rings is 1. The van der Waals surface area contributed by atoms with E-state index in [1.165, 1.54) is 12.1 Å². The summed E-state index contributed by atoms with van der Waals surface area (Å²) in [5.41, 5.74) is -0.183. The molecule has 0 bridgehead atoms. The smallest absolute Gasteiger partial charge is 0.294 e. The second-order valence-electron chi connectivity index (χ2n) is 4.31. The van der Waals surface area contributed by atoms with Crippen molar-refractivity contribution in [3.05, 3.63) is 29.8 Å². The van der Waals surface area contributed by atoms with Gasteiger partial charge in [-0.2, -0.15) is 0 Å². The first-order chi connectivity index (χ1) is 9.23. The van der Waals surface area contributed by atoms with Gasteiger partial charge < -0.3 is 0 Å². The van der Waals surface area contributed by atoms with Crippen molar-refractivity contribution in [1.82, 2.24) is 14.8 Å². The minimum atomic E-state index is -4.14. The SMILES string of the molecule is CC(C)n1c(-c2cccc(F)c2F)nnc1S(=O)(=O)Cl. The summed E-state index contributed by atoms with van der Waals surface area (Å²) < 4.78 is 51.1. The lowest BCUT2D eigenvalue weighted by atomic mass is 10.2. The summed E-state index contributed by atoms with van der Waals surface area (Å²) >= 11 is 0. The highest BCUT2D eigenvalue weighted by Gasteiger charge is 2.26. The van der Waals surface area contributed by atoms with Crippen LogP contribution in [-0.4, -0.2) is 23.2 Å². The first kappa shape index (κ1) is 14.9. The van der Waals surface area contributed by atoms with Gasteiger partial charge in [-0.05, 0) is 26.0 Å². The van der Waals surface area contributed by atoms with Crippen molar-refractivity contribution in [3.63, 3.8) is 0 Å². The summed E-state index contributed by atoms with van der Waals surface area (Å²) in [6.45, 7) is 3.30. The topological polar surface area (TPSA) is 64.8 Å². The standard InChI is InChI=1S/C11H10ClF2N3O2S/c1-6(2)17-10(15-16-11(17)20(12,18)19)7-4-3-5-8(13)9(7)14/h3-6H,1-2H3. The van der Waals surface area contributed by atoms with Gasteiger partial charge >= 0.3 is 0 Å². The molecule has 0 fully saturated rings. The zero-order valence-electron chi connectivity index (χ0n) is 10.5. The summed E-state index contributed by atoms with van der Waals surface area (Å²) in [5, 5.41) is 6.57. The lowest BCUT2D eigenvalue weighted by molar-refractivity contribution is 0.504. The molecule has 0 radical (unpaired) electrons. The van der Waals surface area contributed by atoms with Crippen LogP contribution < -0.4 is 0 Å². The molecule has 0 aliphatic carbocycles. The molecule has 0 N–H and O–H groups in total. The predicted molar refractivity (Wildman–Crippen MR) is 68.8 cm³/mol. The average Bonchev–Trinajstić information content (AvgIpc) is 2.77. The van der Waals surface area contributed by atoms with Gasteiger partial charge in [-0.1, -0.05) is 6.07 Å². The van der Waals surface area contributed by atoms with Gasteiger partial charge in [-0.15, -0.1) is 10.2 Å². The first-order valence-corrected chi connectivity index (χ1v) is 7.88. The monoisotopic (exact) mass is 321 g/mol. The Labute approximate surface area is 118 Å². The van der Waals surface area contributed by atoms with E-state index in [2.05, 4.69) is 10.2 Å². The van der Waals surface area contributed by atoms with Crippen molar-refractivity contribution in [1.29, 1.82) is 0 Å². The third-order valence-corrected chi connectivity index (χ3v) is 3.72. The molecule has 2 rings (SSSR count). The van der Waals surface area contributed by atoms with E-state index >= 15 is 0 Å². The van der Waals surface area contributed by atoms with E-state index in [1.54, 1.807) is 13.8 Å². The summed E-state index contributed by atoms with van der Waals surface area (Å²) in [4.78, 5) is 0. The Morgan fingerprint density at radius 2 is 1.90 bits per heavy atom. The van der Waals surface area contributed by atoms with Gasteiger partial charge in [-0.25, -0.2) is 17.2 Å². The fraction of sp³-hybridized carbons (Fsp3) is 0.273. The summed E-state index contributed by atoms with van der Waals surface area (Å²) in [6, 6.07) is 3.12. The van der Waals surface area contributed by atoms with Crippen LogP contribution in [0.3, 0.4) is 0 Å². The quantitative estimate of drug-likeness (QED) is 0.815. The molecular formula is C11H10ClF2N3O2S. The van der Waals surface area contributed by atoms with E-state index in [4.69, 9.17) is 10.7 Å². The summed E-state index contributed by atoms with van der Waals surface area (Å²) in [6.07, 6.45) is 0. The van der Waals surface area contributed by atoms with Gasteiger partial charge in [0.15, 0.2) is 17.5 Å². The zero-order valence-corrected chi connectivity index (χ0v) is 12.1. The molecule has 0 aliphatic rings. The largest absolute Gasteiger partial charge is 0.296 e. The van der Waals surface area contributed by atoms with Crippen molar-refractivity contribution in [2.45, 2.75) is 25.0 Å². The Kier molecular flexibility index (Phi) is 3.79. The molecule has 1 aromatic heterocycles. The second kappa shape index (κ2) is 5.10. The molecule has 0 aliphatic heterocycles. The minimum absolute atomic E-state index is 0.101. The van der Waals surface area contributed by atoms with Crippen molar-refractivity contribution in [2.24, 2.45) is 0 Å². The number of aromatic nitrogens is 3. The van der Waals surface area contributed by atoms with Gasteiger partial charge in [0.25, 0.3) is 14.2 Å². The minimum Gasteiger partial charge on any atom is -0.294 e. The van der Waals surface area contributed by atoms with Gasteiger partial charge in [0.05, 0.1) is 5.56 Å². The number of hydrogen-bond acceptors (Lipinski definition) is 4. The Bertz CT molecular complexity index is 759. The van der Waals surface area contributed by atoms with Crippen molar-refractivity contribution in [2.75, 3.05) is 0 Å². The van der Waals surface area contributed by atoms with E-state index < -0.39 is 31.9 Å². The molecule has 0 unspecified atom stereocenters. The average molecular weight is 322 g/mol. The molecule has 0 saturated heterocycles. The van der Waals surface area contributed by atoms with Gasteiger partial charge in [0, 0.05) is 16.7 Å². The zero-order chi connectivity index (χ0) is 15.1. The number of nitrogens with zero attached hydrogens (tertiary/aromatic N) is 3. The number of halogens is 3. The third-order valence-electron chi connectivity index (χ3n) is 2.59. The van der Waals surface area contributed by atoms with Crippen LogP contribution in [0.4, 0.5) is 8.78 Å². The number of hydrogen-bond donors (Lipinski definition) is 0. The first-order valence-electron chi connectivity index (χ1n) is 5.57. The second-order valence-corrected chi connectivity index (χ2v) is 6.77.